The Morgan fingerprint density at radius 2 is 1.83 bits per heavy atom. The fraction of sp³-hybridized carbons (Fsp3) is 0.444. The quantitative estimate of drug-likeness (QED) is 0.637. The molecule has 1 aliphatic heterocycles. The average Bonchev–Trinajstić information content (AvgIpc) is 2.81. The van der Waals surface area contributed by atoms with Crippen LogP contribution in [0.2, 0.25) is 0 Å². The molecule has 1 N–H and O–H groups in total. The van der Waals surface area contributed by atoms with E-state index in [-0.39, 0.29) is 18.8 Å². The van der Waals surface area contributed by atoms with Crippen LogP contribution in [-0.4, -0.2) is 42.0 Å². The Hall–Kier alpha value is -2.50. The molecule has 0 bridgehead atoms. The summed E-state index contributed by atoms with van der Waals surface area (Å²) in [4.78, 5) is 49.7. The van der Waals surface area contributed by atoms with E-state index in [1.165, 1.54) is 7.05 Å². The van der Waals surface area contributed by atoms with E-state index in [0.29, 0.717) is 23.0 Å². The number of benzene rings is 1. The molecule has 1 unspecified atom stereocenters. The van der Waals surface area contributed by atoms with Gasteiger partial charge in [-0.1, -0.05) is 26.0 Å². The maximum atomic E-state index is 12.9. The van der Waals surface area contributed by atoms with Gasteiger partial charge in [-0.25, -0.2) is 0 Å². The molecule has 0 fully saturated rings. The lowest BCUT2D eigenvalue weighted by molar-refractivity contribution is -0.124. The number of amides is 3. The molecule has 0 aliphatic carbocycles. The monoisotopic (exact) mass is 330 g/mol. The number of fused-ring (bicyclic) bond motifs is 1. The van der Waals surface area contributed by atoms with E-state index in [2.05, 4.69) is 5.32 Å². The molecular weight excluding hydrogens is 308 g/mol. The summed E-state index contributed by atoms with van der Waals surface area (Å²) >= 11 is 0. The van der Waals surface area contributed by atoms with Crippen LogP contribution in [0.3, 0.4) is 0 Å². The number of nitrogens with zero attached hydrogens (tertiary/aromatic N) is 1. The van der Waals surface area contributed by atoms with Crippen molar-refractivity contribution in [3.8, 4) is 0 Å². The van der Waals surface area contributed by atoms with Gasteiger partial charge in [0.2, 0.25) is 5.91 Å². The first-order chi connectivity index (χ1) is 11.3. The molecule has 1 aromatic rings. The van der Waals surface area contributed by atoms with E-state index in [0.717, 1.165) is 10.5 Å². The number of nitrogens with one attached hydrogen (secondary N) is 1. The molecule has 1 heterocycles. The summed E-state index contributed by atoms with van der Waals surface area (Å²) in [5.74, 6) is -1.30. The number of carbonyl (C=O) groups is 4. The van der Waals surface area contributed by atoms with Gasteiger partial charge >= 0.3 is 0 Å². The van der Waals surface area contributed by atoms with Crippen LogP contribution in [0.5, 0.6) is 0 Å². The molecule has 6 nitrogen and oxygen atoms in total. The number of hydrogen-bond donors (Lipinski definition) is 1. The van der Waals surface area contributed by atoms with Crippen molar-refractivity contribution in [2.75, 3.05) is 7.05 Å². The molecule has 6 heteroatoms. The lowest BCUT2D eigenvalue weighted by atomic mass is 9.92. The zero-order valence-electron chi connectivity index (χ0n) is 14.4. The Morgan fingerprint density at radius 3 is 2.38 bits per heavy atom. The van der Waals surface area contributed by atoms with Gasteiger partial charge in [-0.3, -0.25) is 19.3 Å². The molecule has 24 heavy (non-hydrogen) atoms. The Labute approximate surface area is 141 Å². The van der Waals surface area contributed by atoms with Crippen molar-refractivity contribution in [1.82, 2.24) is 10.2 Å². The van der Waals surface area contributed by atoms with Crippen molar-refractivity contribution in [2.45, 2.75) is 45.6 Å². The van der Waals surface area contributed by atoms with Crippen molar-refractivity contribution in [3.05, 3.63) is 34.4 Å². The van der Waals surface area contributed by atoms with Gasteiger partial charge in [-0.2, -0.15) is 0 Å². The molecule has 0 spiro atoms. The summed E-state index contributed by atoms with van der Waals surface area (Å²) in [7, 11) is 1.44. The van der Waals surface area contributed by atoms with Crippen molar-refractivity contribution in [1.29, 1.82) is 0 Å². The molecule has 1 atom stereocenters. The summed E-state index contributed by atoms with van der Waals surface area (Å²) in [5, 5.41) is 2.47. The smallest absolute Gasteiger partial charge is 0.262 e. The molecule has 0 saturated carbocycles. The first-order valence-electron chi connectivity index (χ1n) is 8.01. The third kappa shape index (κ3) is 2.84. The number of carbonyl (C=O) groups excluding carboxylic acids is 4. The number of rotatable bonds is 6. The molecule has 0 saturated heterocycles. The van der Waals surface area contributed by atoms with Crippen LogP contribution in [0, 0.1) is 6.92 Å². The second-order valence-electron chi connectivity index (χ2n) is 6.23. The third-order valence-corrected chi connectivity index (χ3v) is 4.35. The first-order valence-corrected chi connectivity index (χ1v) is 8.01. The summed E-state index contributed by atoms with van der Waals surface area (Å²) in [6, 6.07) is 2.70. The highest BCUT2D eigenvalue weighted by Gasteiger charge is 2.44. The van der Waals surface area contributed by atoms with E-state index in [4.69, 9.17) is 0 Å². The Bertz CT molecular complexity index is 709. The lowest BCUT2D eigenvalue weighted by Crippen LogP contribution is -2.48. The van der Waals surface area contributed by atoms with Gasteiger partial charge in [0.05, 0.1) is 11.1 Å². The molecule has 1 aromatic carbocycles. The van der Waals surface area contributed by atoms with Crippen LogP contribution in [0.25, 0.3) is 0 Å². The van der Waals surface area contributed by atoms with Crippen molar-refractivity contribution < 1.29 is 19.2 Å². The second kappa shape index (κ2) is 6.95. The van der Waals surface area contributed by atoms with Crippen LogP contribution >= 0.6 is 0 Å². The SMILES string of the molecule is CNC(=O)C(CCC=O)N1C(=O)c2c(C)ccc(C(C)C)c2C1=O. The summed E-state index contributed by atoms with van der Waals surface area (Å²) in [6.07, 6.45) is 0.894. The van der Waals surface area contributed by atoms with E-state index >= 15 is 0 Å². The van der Waals surface area contributed by atoms with E-state index < -0.39 is 23.8 Å². The van der Waals surface area contributed by atoms with Crippen molar-refractivity contribution >= 4 is 24.0 Å². The fourth-order valence-corrected chi connectivity index (χ4v) is 3.10. The molecule has 1 aliphatic rings. The second-order valence-corrected chi connectivity index (χ2v) is 6.23. The average molecular weight is 330 g/mol. The minimum absolute atomic E-state index is 0.0736. The predicted molar refractivity (Wildman–Crippen MR) is 88.9 cm³/mol. The van der Waals surface area contributed by atoms with Gasteiger partial charge in [-0.15, -0.1) is 0 Å². The largest absolute Gasteiger partial charge is 0.357 e. The van der Waals surface area contributed by atoms with Crippen LogP contribution in [0.15, 0.2) is 12.1 Å². The highest BCUT2D eigenvalue weighted by molar-refractivity contribution is 6.24. The summed E-state index contributed by atoms with van der Waals surface area (Å²) < 4.78 is 0. The minimum Gasteiger partial charge on any atom is -0.357 e. The topological polar surface area (TPSA) is 83.6 Å². The predicted octanol–water partition coefficient (Wildman–Crippen LogP) is 1.81. The molecule has 128 valence electrons. The standard InChI is InChI=1S/C18H22N2O4/c1-10(2)12-8-7-11(3)14-15(12)18(24)20(17(14)23)13(6-5-9-21)16(22)19-4/h7-10,13H,5-6H2,1-4H3,(H,19,22). The summed E-state index contributed by atoms with van der Waals surface area (Å²) in [5.41, 5.74) is 2.25. The zero-order valence-corrected chi connectivity index (χ0v) is 14.4. The minimum atomic E-state index is -0.980. The molecule has 2 rings (SSSR count). The first kappa shape index (κ1) is 17.8. The highest BCUT2D eigenvalue weighted by atomic mass is 16.2. The van der Waals surface area contributed by atoms with Gasteiger partial charge in [0.25, 0.3) is 11.8 Å². The zero-order chi connectivity index (χ0) is 18.0. The molecule has 3 amide bonds. The van der Waals surface area contributed by atoms with Gasteiger partial charge in [0, 0.05) is 13.5 Å². The number of imide groups is 1. The van der Waals surface area contributed by atoms with Crippen molar-refractivity contribution in [2.24, 2.45) is 0 Å². The van der Waals surface area contributed by atoms with Gasteiger partial charge in [-0.05, 0) is 30.4 Å². The van der Waals surface area contributed by atoms with Crippen LogP contribution in [-0.2, 0) is 9.59 Å². The third-order valence-electron chi connectivity index (χ3n) is 4.35. The molecule has 0 radical (unpaired) electrons. The van der Waals surface area contributed by atoms with E-state index in [1.807, 2.05) is 26.0 Å². The number of likely N-dealkylation sites (N-methyl/N-ethyl adjacent to an activating group) is 1. The van der Waals surface area contributed by atoms with Crippen LogP contribution in [0.1, 0.15) is 64.4 Å². The number of aryl methyl sites for hydroxylation is 1. The molecular formula is C18H22N2O4. The maximum absolute atomic E-state index is 12.9. The van der Waals surface area contributed by atoms with Crippen molar-refractivity contribution in [3.63, 3.8) is 0 Å². The number of aldehydes is 1. The normalized spacial score (nSPS) is 14.8. The Balaban J connectivity index is 2.55. The van der Waals surface area contributed by atoms with Crippen LogP contribution in [0.4, 0.5) is 0 Å². The van der Waals surface area contributed by atoms with E-state index in [9.17, 15) is 19.2 Å². The van der Waals surface area contributed by atoms with Gasteiger partial charge in [0.15, 0.2) is 0 Å². The van der Waals surface area contributed by atoms with Gasteiger partial charge in [0.1, 0.15) is 12.3 Å². The fourth-order valence-electron chi connectivity index (χ4n) is 3.10. The Kier molecular flexibility index (Phi) is 5.17. The van der Waals surface area contributed by atoms with Gasteiger partial charge < -0.3 is 10.1 Å². The Morgan fingerprint density at radius 1 is 1.21 bits per heavy atom. The van der Waals surface area contributed by atoms with Crippen LogP contribution < -0.4 is 5.32 Å². The highest BCUT2D eigenvalue weighted by Crippen LogP contribution is 2.34. The maximum Gasteiger partial charge on any atom is 0.262 e. The number of hydrogen-bond acceptors (Lipinski definition) is 4. The summed E-state index contributed by atoms with van der Waals surface area (Å²) in [6.45, 7) is 5.68. The molecule has 0 aromatic heterocycles. The lowest BCUT2D eigenvalue weighted by Gasteiger charge is -2.24. The van der Waals surface area contributed by atoms with E-state index in [1.54, 1.807) is 6.92 Å².